The summed E-state index contributed by atoms with van der Waals surface area (Å²) in [4.78, 5) is 29.3. The highest BCUT2D eigenvalue weighted by molar-refractivity contribution is 5.88. The number of rotatable bonds is 6. The summed E-state index contributed by atoms with van der Waals surface area (Å²) in [7, 11) is 1.79. The lowest BCUT2D eigenvalue weighted by molar-refractivity contribution is -0.139. The first kappa shape index (κ1) is 18.4. The van der Waals surface area contributed by atoms with Crippen molar-refractivity contribution in [3.63, 3.8) is 0 Å². The second-order valence-electron chi connectivity index (χ2n) is 8.49. The molecule has 27 heavy (non-hydrogen) atoms. The summed E-state index contributed by atoms with van der Waals surface area (Å²) < 4.78 is 0. The fourth-order valence-corrected chi connectivity index (χ4v) is 4.61. The predicted octanol–water partition coefficient (Wildman–Crippen LogP) is 0.575. The minimum absolute atomic E-state index is 0.0164. The van der Waals surface area contributed by atoms with Gasteiger partial charge in [0, 0.05) is 38.1 Å². The molecule has 1 aromatic rings. The van der Waals surface area contributed by atoms with E-state index in [1.807, 2.05) is 0 Å². The number of nitrogens with zero attached hydrogens (tertiary/aromatic N) is 2. The number of carbonyl (C=O) groups is 2. The molecule has 0 aromatic heterocycles. The van der Waals surface area contributed by atoms with E-state index in [0.29, 0.717) is 13.1 Å². The summed E-state index contributed by atoms with van der Waals surface area (Å²) in [6.45, 7) is 2.12. The van der Waals surface area contributed by atoms with Gasteiger partial charge in [-0.1, -0.05) is 24.3 Å². The van der Waals surface area contributed by atoms with Gasteiger partial charge in [-0.3, -0.25) is 14.5 Å². The first-order chi connectivity index (χ1) is 13.0. The highest BCUT2D eigenvalue weighted by Crippen LogP contribution is 2.45. The zero-order chi connectivity index (χ0) is 19.0. The van der Waals surface area contributed by atoms with Gasteiger partial charge in [-0.05, 0) is 36.8 Å². The normalized spacial score (nSPS) is 24.4. The Hall–Kier alpha value is -1.92. The Morgan fingerprint density at radius 3 is 2.56 bits per heavy atom. The topological polar surface area (TPSA) is 72.9 Å². The van der Waals surface area contributed by atoms with E-state index in [-0.39, 0.29) is 36.3 Å². The van der Waals surface area contributed by atoms with Crippen LogP contribution in [0.15, 0.2) is 24.3 Å². The molecule has 2 amide bonds. The van der Waals surface area contributed by atoms with Crippen LogP contribution < -0.4 is 5.32 Å². The smallest absolute Gasteiger partial charge is 0.237 e. The van der Waals surface area contributed by atoms with Crippen LogP contribution in [0.2, 0.25) is 0 Å². The number of aliphatic hydroxyl groups is 1. The van der Waals surface area contributed by atoms with Gasteiger partial charge < -0.3 is 15.3 Å². The monoisotopic (exact) mass is 371 g/mol. The van der Waals surface area contributed by atoms with Gasteiger partial charge in [-0.15, -0.1) is 0 Å². The van der Waals surface area contributed by atoms with Crippen LogP contribution in [0.3, 0.4) is 0 Å². The third-order valence-corrected chi connectivity index (χ3v) is 6.53. The van der Waals surface area contributed by atoms with E-state index in [2.05, 4.69) is 34.5 Å². The maximum absolute atomic E-state index is 12.8. The van der Waals surface area contributed by atoms with Gasteiger partial charge in [-0.25, -0.2) is 0 Å². The SMILES string of the molecule is CN(CC1(CO)CC1)C(=O)C[C@H]1C(=O)NCCN1C1Cc2ccccc2C1. The van der Waals surface area contributed by atoms with Gasteiger partial charge in [-0.2, -0.15) is 0 Å². The molecule has 0 bridgehead atoms. The van der Waals surface area contributed by atoms with E-state index in [0.717, 1.165) is 32.2 Å². The second kappa shape index (κ2) is 7.24. The van der Waals surface area contributed by atoms with Gasteiger partial charge in [0.2, 0.25) is 11.8 Å². The molecule has 0 radical (unpaired) electrons. The van der Waals surface area contributed by atoms with Gasteiger partial charge >= 0.3 is 0 Å². The largest absolute Gasteiger partial charge is 0.396 e. The lowest BCUT2D eigenvalue weighted by Gasteiger charge is -2.39. The lowest BCUT2D eigenvalue weighted by Crippen LogP contribution is -2.59. The van der Waals surface area contributed by atoms with Crippen molar-refractivity contribution in [1.29, 1.82) is 0 Å². The van der Waals surface area contributed by atoms with Crippen LogP contribution in [0.4, 0.5) is 0 Å². The Morgan fingerprint density at radius 1 is 1.30 bits per heavy atom. The Kier molecular flexibility index (Phi) is 4.95. The van der Waals surface area contributed by atoms with E-state index < -0.39 is 6.04 Å². The molecule has 1 atom stereocenters. The van der Waals surface area contributed by atoms with E-state index in [1.54, 1.807) is 11.9 Å². The molecule has 2 fully saturated rings. The van der Waals surface area contributed by atoms with E-state index in [9.17, 15) is 14.7 Å². The van der Waals surface area contributed by atoms with Crippen molar-refractivity contribution in [2.24, 2.45) is 5.41 Å². The summed E-state index contributed by atoms with van der Waals surface area (Å²) in [5.74, 6) is -0.0560. The van der Waals surface area contributed by atoms with Crippen molar-refractivity contribution in [2.45, 2.75) is 44.2 Å². The van der Waals surface area contributed by atoms with Gasteiger partial charge in [0.1, 0.15) is 0 Å². The zero-order valence-corrected chi connectivity index (χ0v) is 16.0. The molecular weight excluding hydrogens is 342 g/mol. The summed E-state index contributed by atoms with van der Waals surface area (Å²) in [5.41, 5.74) is 2.61. The molecule has 1 saturated heterocycles. The number of carbonyl (C=O) groups excluding carboxylic acids is 2. The number of amides is 2. The highest BCUT2D eigenvalue weighted by atomic mass is 16.3. The molecule has 3 aliphatic rings. The molecule has 0 unspecified atom stereocenters. The van der Waals surface area contributed by atoms with Crippen LogP contribution in [0.5, 0.6) is 0 Å². The Labute approximate surface area is 160 Å². The molecule has 1 aliphatic heterocycles. The van der Waals surface area contributed by atoms with Crippen LogP contribution in [-0.4, -0.2) is 72.1 Å². The fourth-order valence-electron chi connectivity index (χ4n) is 4.61. The second-order valence-corrected chi connectivity index (χ2v) is 8.49. The van der Waals surface area contributed by atoms with Crippen LogP contribution >= 0.6 is 0 Å². The maximum Gasteiger partial charge on any atom is 0.237 e. The predicted molar refractivity (Wildman–Crippen MR) is 102 cm³/mol. The fraction of sp³-hybridized carbons (Fsp3) is 0.619. The Balaban J connectivity index is 1.43. The Bertz CT molecular complexity index is 706. The van der Waals surface area contributed by atoms with Crippen LogP contribution in [0.25, 0.3) is 0 Å². The molecule has 1 aromatic carbocycles. The van der Waals surface area contributed by atoms with Gasteiger partial charge in [0.05, 0.1) is 19.1 Å². The molecule has 2 N–H and O–H groups in total. The van der Waals surface area contributed by atoms with Crippen molar-refractivity contribution in [1.82, 2.24) is 15.1 Å². The summed E-state index contributed by atoms with van der Waals surface area (Å²) >= 11 is 0. The first-order valence-electron chi connectivity index (χ1n) is 9.96. The Morgan fingerprint density at radius 2 is 1.96 bits per heavy atom. The van der Waals surface area contributed by atoms with E-state index in [4.69, 9.17) is 0 Å². The molecular formula is C21H29N3O3. The van der Waals surface area contributed by atoms with E-state index >= 15 is 0 Å². The van der Waals surface area contributed by atoms with Crippen molar-refractivity contribution in [2.75, 3.05) is 33.3 Å². The third-order valence-electron chi connectivity index (χ3n) is 6.53. The van der Waals surface area contributed by atoms with E-state index in [1.165, 1.54) is 11.1 Å². The number of benzene rings is 1. The van der Waals surface area contributed by atoms with Crippen molar-refractivity contribution >= 4 is 11.8 Å². The zero-order valence-electron chi connectivity index (χ0n) is 16.0. The number of piperazine rings is 1. The maximum atomic E-state index is 12.8. The summed E-state index contributed by atoms with van der Waals surface area (Å²) in [5, 5.41) is 12.4. The number of hydrogen-bond acceptors (Lipinski definition) is 4. The third kappa shape index (κ3) is 3.73. The number of fused-ring (bicyclic) bond motifs is 1. The molecule has 6 nitrogen and oxygen atoms in total. The average Bonchev–Trinajstić information content (AvgIpc) is 3.31. The summed E-state index contributed by atoms with van der Waals surface area (Å²) in [6.07, 6.45) is 4.03. The number of aliphatic hydroxyl groups excluding tert-OH is 1. The number of nitrogens with one attached hydrogen (secondary N) is 1. The van der Waals surface area contributed by atoms with Crippen LogP contribution in [0.1, 0.15) is 30.4 Å². The molecule has 4 rings (SSSR count). The quantitative estimate of drug-likeness (QED) is 0.767. The molecule has 0 spiro atoms. The van der Waals surface area contributed by atoms with Gasteiger partial charge in [0.15, 0.2) is 0 Å². The highest BCUT2D eigenvalue weighted by Gasteiger charge is 2.44. The molecule has 1 heterocycles. The van der Waals surface area contributed by atoms with Crippen LogP contribution in [-0.2, 0) is 22.4 Å². The standard InChI is InChI=1S/C21H29N3O3/c1-23(13-21(14-25)6-7-21)19(26)12-18-20(27)22-8-9-24(18)17-10-15-4-2-3-5-16(15)11-17/h2-5,17-18,25H,6-14H2,1H3,(H,22,27)/t18-/m0/s1. The minimum Gasteiger partial charge on any atom is -0.396 e. The first-order valence-corrected chi connectivity index (χ1v) is 9.96. The molecule has 146 valence electrons. The van der Waals surface area contributed by atoms with Crippen molar-refractivity contribution in [3.8, 4) is 0 Å². The minimum atomic E-state index is -0.405. The van der Waals surface area contributed by atoms with Gasteiger partial charge in [0.25, 0.3) is 0 Å². The van der Waals surface area contributed by atoms with Crippen molar-refractivity contribution in [3.05, 3.63) is 35.4 Å². The molecule has 2 aliphatic carbocycles. The lowest BCUT2D eigenvalue weighted by atomic mass is 10.0. The number of hydrogen-bond donors (Lipinski definition) is 2. The molecule has 1 saturated carbocycles. The van der Waals surface area contributed by atoms with Crippen molar-refractivity contribution < 1.29 is 14.7 Å². The average molecular weight is 371 g/mol. The summed E-state index contributed by atoms with van der Waals surface area (Å²) in [6, 6.07) is 8.33. The molecule has 6 heteroatoms. The van der Waals surface area contributed by atoms with Crippen LogP contribution in [0, 0.1) is 5.41 Å².